The molecule has 1 N–H and O–H groups in total. The highest BCUT2D eigenvalue weighted by Crippen LogP contribution is 2.24. The fraction of sp³-hybridized carbons (Fsp3) is 0.409. The zero-order chi connectivity index (χ0) is 21.8. The van der Waals surface area contributed by atoms with E-state index in [1.807, 2.05) is 58.0 Å². The summed E-state index contributed by atoms with van der Waals surface area (Å²) >= 11 is 0. The SMILES string of the molecule is Cc1ccc(N([C@H](C)C(=O)N[C@H](C)COc2ccccc2C)S(C)(=O)=O)cc1C. The normalized spacial score (nSPS) is 13.4. The van der Waals surface area contributed by atoms with E-state index < -0.39 is 16.1 Å². The van der Waals surface area contributed by atoms with Crippen molar-refractivity contribution in [3.05, 3.63) is 59.2 Å². The van der Waals surface area contributed by atoms with E-state index >= 15 is 0 Å². The van der Waals surface area contributed by atoms with Gasteiger partial charge in [0.15, 0.2) is 0 Å². The quantitative estimate of drug-likeness (QED) is 0.713. The predicted molar refractivity (Wildman–Crippen MR) is 117 cm³/mol. The molecule has 1 amide bonds. The second-order valence-electron chi connectivity index (χ2n) is 7.49. The lowest BCUT2D eigenvalue weighted by atomic mass is 10.1. The van der Waals surface area contributed by atoms with E-state index in [-0.39, 0.29) is 18.6 Å². The number of hydrogen-bond acceptors (Lipinski definition) is 4. The van der Waals surface area contributed by atoms with Crippen LogP contribution in [-0.2, 0) is 14.8 Å². The molecule has 7 heteroatoms. The van der Waals surface area contributed by atoms with E-state index in [0.29, 0.717) is 5.69 Å². The lowest BCUT2D eigenvalue weighted by Crippen LogP contribution is -2.50. The number of carbonyl (C=O) groups is 1. The van der Waals surface area contributed by atoms with Crippen LogP contribution in [0.15, 0.2) is 42.5 Å². The second-order valence-corrected chi connectivity index (χ2v) is 9.35. The summed E-state index contributed by atoms with van der Waals surface area (Å²) < 4.78 is 31.8. The molecule has 0 aliphatic heterocycles. The molecule has 2 aromatic rings. The van der Waals surface area contributed by atoms with Crippen LogP contribution in [0.4, 0.5) is 5.69 Å². The van der Waals surface area contributed by atoms with Gasteiger partial charge in [-0.1, -0.05) is 24.3 Å². The van der Waals surface area contributed by atoms with Crippen LogP contribution in [0.3, 0.4) is 0 Å². The first-order valence-corrected chi connectivity index (χ1v) is 11.4. The van der Waals surface area contributed by atoms with E-state index in [4.69, 9.17) is 4.74 Å². The van der Waals surface area contributed by atoms with Gasteiger partial charge in [-0.2, -0.15) is 0 Å². The maximum atomic E-state index is 12.8. The van der Waals surface area contributed by atoms with Gasteiger partial charge >= 0.3 is 0 Å². The smallest absolute Gasteiger partial charge is 0.243 e. The molecule has 0 heterocycles. The number of sulfonamides is 1. The second kappa shape index (κ2) is 9.31. The summed E-state index contributed by atoms with van der Waals surface area (Å²) in [6.45, 7) is 9.51. The van der Waals surface area contributed by atoms with E-state index in [1.165, 1.54) is 0 Å². The number of carbonyl (C=O) groups excluding carboxylic acids is 1. The Morgan fingerprint density at radius 2 is 1.69 bits per heavy atom. The van der Waals surface area contributed by atoms with Crippen molar-refractivity contribution >= 4 is 21.6 Å². The van der Waals surface area contributed by atoms with Crippen molar-refractivity contribution in [1.82, 2.24) is 5.32 Å². The number of amides is 1. The maximum absolute atomic E-state index is 12.8. The minimum atomic E-state index is -3.65. The van der Waals surface area contributed by atoms with Crippen molar-refractivity contribution in [1.29, 1.82) is 0 Å². The molecule has 0 saturated carbocycles. The van der Waals surface area contributed by atoms with Gasteiger partial charge in [0, 0.05) is 0 Å². The third kappa shape index (κ3) is 5.97. The van der Waals surface area contributed by atoms with Crippen LogP contribution in [0.1, 0.15) is 30.5 Å². The number of nitrogens with zero attached hydrogens (tertiary/aromatic N) is 1. The minimum absolute atomic E-state index is 0.284. The van der Waals surface area contributed by atoms with Crippen molar-refractivity contribution in [2.75, 3.05) is 17.2 Å². The first-order chi connectivity index (χ1) is 13.5. The molecule has 0 fully saturated rings. The highest BCUT2D eigenvalue weighted by atomic mass is 32.2. The molecule has 29 heavy (non-hydrogen) atoms. The van der Waals surface area contributed by atoms with Crippen LogP contribution < -0.4 is 14.4 Å². The molecule has 158 valence electrons. The molecule has 0 radical (unpaired) electrons. The average molecular weight is 419 g/mol. The van der Waals surface area contributed by atoms with Crippen LogP contribution in [0.2, 0.25) is 0 Å². The summed E-state index contributed by atoms with van der Waals surface area (Å²) in [4.78, 5) is 12.8. The molecule has 6 nitrogen and oxygen atoms in total. The van der Waals surface area contributed by atoms with Crippen molar-refractivity contribution in [3.63, 3.8) is 0 Å². The molecule has 0 bridgehead atoms. The van der Waals surface area contributed by atoms with E-state index in [2.05, 4.69) is 5.32 Å². The number of nitrogens with one attached hydrogen (secondary N) is 1. The van der Waals surface area contributed by atoms with E-state index in [9.17, 15) is 13.2 Å². The first kappa shape index (κ1) is 22.7. The first-order valence-electron chi connectivity index (χ1n) is 9.56. The van der Waals surface area contributed by atoms with Gasteiger partial charge in [0.1, 0.15) is 18.4 Å². The van der Waals surface area contributed by atoms with Gasteiger partial charge in [-0.15, -0.1) is 0 Å². The summed E-state index contributed by atoms with van der Waals surface area (Å²) in [6, 6.07) is 11.8. The zero-order valence-electron chi connectivity index (χ0n) is 17.9. The fourth-order valence-electron chi connectivity index (χ4n) is 3.01. The summed E-state index contributed by atoms with van der Waals surface area (Å²) in [6.07, 6.45) is 1.11. The Kier molecular flexibility index (Phi) is 7.30. The molecule has 0 saturated heterocycles. The topological polar surface area (TPSA) is 75.7 Å². The van der Waals surface area contributed by atoms with Crippen LogP contribution in [0.5, 0.6) is 5.75 Å². The van der Waals surface area contributed by atoms with Crippen LogP contribution >= 0.6 is 0 Å². The summed E-state index contributed by atoms with van der Waals surface area (Å²) in [5.41, 5.74) is 3.50. The number of hydrogen-bond donors (Lipinski definition) is 1. The predicted octanol–water partition coefficient (Wildman–Crippen LogP) is 3.35. The molecule has 0 spiro atoms. The number of benzene rings is 2. The number of para-hydroxylation sites is 1. The lowest BCUT2D eigenvalue weighted by molar-refractivity contribution is -0.122. The van der Waals surface area contributed by atoms with Gasteiger partial charge in [-0.25, -0.2) is 8.42 Å². The highest BCUT2D eigenvalue weighted by molar-refractivity contribution is 7.92. The maximum Gasteiger partial charge on any atom is 0.243 e. The Labute approximate surface area is 173 Å². The Balaban J connectivity index is 2.10. The van der Waals surface area contributed by atoms with Gasteiger partial charge in [0.05, 0.1) is 18.0 Å². The Hall–Kier alpha value is -2.54. The molecule has 0 unspecified atom stereocenters. The van der Waals surface area contributed by atoms with Gasteiger partial charge in [0.25, 0.3) is 0 Å². The van der Waals surface area contributed by atoms with Crippen molar-refractivity contribution in [2.24, 2.45) is 0 Å². The molecule has 0 aliphatic rings. The fourth-order valence-corrected chi connectivity index (χ4v) is 4.18. The number of ether oxygens (including phenoxy) is 1. The van der Waals surface area contributed by atoms with Crippen LogP contribution in [0, 0.1) is 20.8 Å². The van der Waals surface area contributed by atoms with Gasteiger partial charge < -0.3 is 10.1 Å². The van der Waals surface area contributed by atoms with E-state index in [0.717, 1.165) is 33.0 Å². The van der Waals surface area contributed by atoms with Crippen molar-refractivity contribution < 1.29 is 17.9 Å². The Bertz CT molecular complexity index is 973. The van der Waals surface area contributed by atoms with Crippen molar-refractivity contribution in [2.45, 2.75) is 46.7 Å². The van der Waals surface area contributed by atoms with E-state index in [1.54, 1.807) is 19.1 Å². The zero-order valence-corrected chi connectivity index (χ0v) is 18.7. The molecule has 2 aromatic carbocycles. The van der Waals surface area contributed by atoms with Crippen molar-refractivity contribution in [3.8, 4) is 5.75 Å². The molecule has 0 aliphatic carbocycles. The number of anilines is 1. The largest absolute Gasteiger partial charge is 0.491 e. The van der Waals surface area contributed by atoms with Crippen LogP contribution in [-0.4, -0.2) is 39.3 Å². The molecular weight excluding hydrogens is 388 g/mol. The third-order valence-electron chi connectivity index (χ3n) is 4.80. The highest BCUT2D eigenvalue weighted by Gasteiger charge is 2.30. The number of rotatable bonds is 8. The molecular formula is C22H30N2O4S. The standard InChI is InChI=1S/C22H30N2O4S/c1-15-11-12-20(13-17(15)3)24(29(6,26)27)19(5)22(25)23-18(4)14-28-21-10-8-7-9-16(21)2/h7-13,18-19H,14H2,1-6H3,(H,23,25)/t18-,19-/m1/s1. The molecule has 0 aromatic heterocycles. The lowest BCUT2D eigenvalue weighted by Gasteiger charge is -2.29. The minimum Gasteiger partial charge on any atom is -0.491 e. The Morgan fingerprint density at radius 3 is 2.28 bits per heavy atom. The monoisotopic (exact) mass is 418 g/mol. The van der Waals surface area contributed by atoms with Gasteiger partial charge in [-0.05, 0) is 69.5 Å². The van der Waals surface area contributed by atoms with Gasteiger partial charge in [-0.3, -0.25) is 9.10 Å². The summed E-state index contributed by atoms with van der Waals surface area (Å²) in [7, 11) is -3.65. The Morgan fingerprint density at radius 1 is 1.03 bits per heavy atom. The molecule has 2 rings (SSSR count). The average Bonchev–Trinajstić information content (AvgIpc) is 2.63. The molecule has 2 atom stereocenters. The summed E-state index contributed by atoms with van der Waals surface area (Å²) in [5.74, 6) is 0.379. The number of aryl methyl sites for hydroxylation is 3. The summed E-state index contributed by atoms with van der Waals surface area (Å²) in [5, 5.41) is 2.85. The van der Waals surface area contributed by atoms with Gasteiger partial charge in [0.2, 0.25) is 15.9 Å². The van der Waals surface area contributed by atoms with Crippen LogP contribution in [0.25, 0.3) is 0 Å². The third-order valence-corrected chi connectivity index (χ3v) is 6.05.